The maximum absolute atomic E-state index is 12.8. The molecule has 0 aliphatic carbocycles. The average molecular weight is 386 g/mol. The Hall–Kier alpha value is -2.64. The average Bonchev–Trinajstić information content (AvgIpc) is 3.11. The fraction of sp³-hybridized carbons (Fsp3) is 0.316. The van der Waals surface area contributed by atoms with E-state index in [0.29, 0.717) is 35.0 Å². The number of nitrogens with one attached hydrogen (secondary N) is 1. The SMILES string of the molecule is CCn1nnc2cc(C(=O)Nc3cc(Cl)ccc3N3CCOCC3)ccc21. The van der Waals surface area contributed by atoms with Crippen LogP contribution >= 0.6 is 11.6 Å². The van der Waals surface area contributed by atoms with Crippen LogP contribution in [0.15, 0.2) is 36.4 Å². The highest BCUT2D eigenvalue weighted by molar-refractivity contribution is 6.31. The van der Waals surface area contributed by atoms with Crippen molar-refractivity contribution in [3.8, 4) is 0 Å². The molecule has 0 spiro atoms. The molecule has 1 saturated heterocycles. The highest BCUT2D eigenvalue weighted by Gasteiger charge is 2.18. The number of aryl methyl sites for hydroxylation is 1. The van der Waals surface area contributed by atoms with E-state index in [2.05, 4.69) is 20.5 Å². The molecule has 7 nitrogen and oxygen atoms in total. The van der Waals surface area contributed by atoms with Crippen molar-refractivity contribution in [2.75, 3.05) is 36.5 Å². The molecular weight excluding hydrogens is 366 g/mol. The Morgan fingerprint density at radius 1 is 1.22 bits per heavy atom. The smallest absolute Gasteiger partial charge is 0.255 e. The van der Waals surface area contributed by atoms with Crippen LogP contribution in [0, 0.1) is 0 Å². The molecule has 140 valence electrons. The summed E-state index contributed by atoms with van der Waals surface area (Å²) < 4.78 is 7.21. The molecule has 2 heterocycles. The Kier molecular flexibility index (Phi) is 4.96. The molecule has 0 unspecified atom stereocenters. The summed E-state index contributed by atoms with van der Waals surface area (Å²) >= 11 is 6.17. The molecule has 0 saturated carbocycles. The number of amides is 1. The van der Waals surface area contributed by atoms with E-state index in [1.165, 1.54) is 0 Å². The molecule has 0 atom stereocenters. The van der Waals surface area contributed by atoms with E-state index >= 15 is 0 Å². The lowest BCUT2D eigenvalue weighted by molar-refractivity contribution is 0.102. The Balaban J connectivity index is 1.61. The van der Waals surface area contributed by atoms with E-state index in [1.54, 1.807) is 22.9 Å². The summed E-state index contributed by atoms with van der Waals surface area (Å²) in [5.41, 5.74) is 3.76. The highest BCUT2D eigenvalue weighted by atomic mass is 35.5. The number of anilines is 2. The van der Waals surface area contributed by atoms with Crippen LogP contribution < -0.4 is 10.2 Å². The normalized spacial score (nSPS) is 14.5. The van der Waals surface area contributed by atoms with Gasteiger partial charge in [-0.15, -0.1) is 5.10 Å². The van der Waals surface area contributed by atoms with Crippen LogP contribution in [0.5, 0.6) is 0 Å². The van der Waals surface area contributed by atoms with Crippen molar-refractivity contribution in [3.63, 3.8) is 0 Å². The van der Waals surface area contributed by atoms with Gasteiger partial charge >= 0.3 is 0 Å². The fourth-order valence-corrected chi connectivity index (χ4v) is 3.40. The van der Waals surface area contributed by atoms with Crippen molar-refractivity contribution in [1.82, 2.24) is 15.0 Å². The molecule has 8 heteroatoms. The first kappa shape index (κ1) is 17.8. The molecule has 1 amide bonds. The maximum atomic E-state index is 12.8. The third kappa shape index (κ3) is 3.61. The first-order valence-corrected chi connectivity index (χ1v) is 9.30. The Morgan fingerprint density at radius 2 is 2.04 bits per heavy atom. The predicted octanol–water partition coefficient (Wildman–Crippen LogP) is 3.19. The molecule has 2 aromatic carbocycles. The van der Waals surface area contributed by atoms with Gasteiger partial charge in [0, 0.05) is 30.2 Å². The van der Waals surface area contributed by atoms with Gasteiger partial charge in [-0.3, -0.25) is 4.79 Å². The van der Waals surface area contributed by atoms with E-state index in [0.717, 1.165) is 30.8 Å². The van der Waals surface area contributed by atoms with Crippen molar-refractivity contribution in [1.29, 1.82) is 0 Å². The van der Waals surface area contributed by atoms with Crippen LogP contribution in [-0.2, 0) is 11.3 Å². The van der Waals surface area contributed by atoms with Gasteiger partial charge in [0.05, 0.1) is 30.1 Å². The van der Waals surface area contributed by atoms with Gasteiger partial charge in [-0.05, 0) is 43.3 Å². The second kappa shape index (κ2) is 7.54. The molecule has 3 aromatic rings. The minimum atomic E-state index is -0.209. The third-order valence-electron chi connectivity index (χ3n) is 4.63. The van der Waals surface area contributed by atoms with Crippen LogP contribution in [0.2, 0.25) is 5.02 Å². The van der Waals surface area contributed by atoms with Gasteiger partial charge in [0.25, 0.3) is 5.91 Å². The van der Waals surface area contributed by atoms with Crippen molar-refractivity contribution >= 4 is 39.9 Å². The fourth-order valence-electron chi connectivity index (χ4n) is 3.23. The standard InChI is InChI=1S/C19H20ClN5O2/c1-2-25-18-5-3-13(11-16(18)22-23-25)19(26)21-15-12-14(20)4-6-17(15)24-7-9-27-10-8-24/h3-6,11-12H,2,7-10H2,1H3,(H,21,26). The zero-order chi connectivity index (χ0) is 18.8. The van der Waals surface area contributed by atoms with E-state index in [9.17, 15) is 4.79 Å². The molecule has 0 bridgehead atoms. The number of ether oxygens (including phenoxy) is 1. The van der Waals surface area contributed by atoms with Gasteiger partial charge in [-0.2, -0.15) is 0 Å². The Bertz CT molecular complexity index is 981. The summed E-state index contributed by atoms with van der Waals surface area (Å²) in [5, 5.41) is 11.8. The van der Waals surface area contributed by atoms with Crippen LogP contribution in [0.4, 0.5) is 11.4 Å². The third-order valence-corrected chi connectivity index (χ3v) is 4.87. The predicted molar refractivity (Wildman–Crippen MR) is 106 cm³/mol. The van der Waals surface area contributed by atoms with Crippen LogP contribution in [-0.4, -0.2) is 47.2 Å². The first-order valence-electron chi connectivity index (χ1n) is 8.92. The number of carbonyl (C=O) groups excluding carboxylic acids is 1. The number of fused-ring (bicyclic) bond motifs is 1. The van der Waals surface area contributed by atoms with E-state index in [4.69, 9.17) is 16.3 Å². The van der Waals surface area contributed by atoms with Crippen LogP contribution in [0.25, 0.3) is 11.0 Å². The minimum absolute atomic E-state index is 0.209. The van der Waals surface area contributed by atoms with E-state index in [-0.39, 0.29) is 5.91 Å². The Labute approximate surface area is 161 Å². The number of morpholine rings is 1. The van der Waals surface area contributed by atoms with Gasteiger partial charge in [-0.1, -0.05) is 16.8 Å². The maximum Gasteiger partial charge on any atom is 0.255 e. The molecule has 4 rings (SSSR count). The molecule has 27 heavy (non-hydrogen) atoms. The molecule has 1 aromatic heterocycles. The summed E-state index contributed by atoms with van der Waals surface area (Å²) in [6.07, 6.45) is 0. The quantitative estimate of drug-likeness (QED) is 0.746. The lowest BCUT2D eigenvalue weighted by Crippen LogP contribution is -2.36. The molecule has 1 aliphatic rings. The minimum Gasteiger partial charge on any atom is -0.378 e. The molecule has 1 aliphatic heterocycles. The summed E-state index contributed by atoms with van der Waals surface area (Å²) in [6.45, 7) is 5.61. The van der Waals surface area contributed by atoms with Crippen LogP contribution in [0.1, 0.15) is 17.3 Å². The summed E-state index contributed by atoms with van der Waals surface area (Å²) in [6, 6.07) is 10.9. The first-order chi connectivity index (χ1) is 13.2. The molecular formula is C19H20ClN5O2. The Morgan fingerprint density at radius 3 is 2.81 bits per heavy atom. The zero-order valence-electron chi connectivity index (χ0n) is 15.0. The van der Waals surface area contributed by atoms with Crippen molar-refractivity contribution in [3.05, 3.63) is 47.0 Å². The van der Waals surface area contributed by atoms with E-state index < -0.39 is 0 Å². The number of nitrogens with zero attached hydrogens (tertiary/aromatic N) is 4. The number of benzene rings is 2. The summed E-state index contributed by atoms with van der Waals surface area (Å²) in [4.78, 5) is 15.0. The van der Waals surface area contributed by atoms with Crippen LogP contribution in [0.3, 0.4) is 0 Å². The number of aromatic nitrogens is 3. The van der Waals surface area contributed by atoms with Gasteiger partial charge in [0.2, 0.25) is 0 Å². The number of rotatable bonds is 4. The largest absolute Gasteiger partial charge is 0.378 e. The van der Waals surface area contributed by atoms with E-state index in [1.807, 2.05) is 25.1 Å². The molecule has 1 fully saturated rings. The number of carbonyl (C=O) groups is 1. The number of hydrogen-bond donors (Lipinski definition) is 1. The molecule has 1 N–H and O–H groups in total. The zero-order valence-corrected chi connectivity index (χ0v) is 15.7. The highest BCUT2D eigenvalue weighted by Crippen LogP contribution is 2.30. The summed E-state index contributed by atoms with van der Waals surface area (Å²) in [7, 11) is 0. The number of halogens is 1. The van der Waals surface area contributed by atoms with Crippen molar-refractivity contribution in [2.24, 2.45) is 0 Å². The van der Waals surface area contributed by atoms with Crippen molar-refractivity contribution < 1.29 is 9.53 Å². The van der Waals surface area contributed by atoms with Gasteiger partial charge in [0.1, 0.15) is 5.52 Å². The van der Waals surface area contributed by atoms with Gasteiger partial charge in [0.15, 0.2) is 0 Å². The van der Waals surface area contributed by atoms with Crippen molar-refractivity contribution in [2.45, 2.75) is 13.5 Å². The lowest BCUT2D eigenvalue weighted by atomic mass is 10.1. The number of hydrogen-bond acceptors (Lipinski definition) is 5. The molecule has 0 radical (unpaired) electrons. The summed E-state index contributed by atoms with van der Waals surface area (Å²) in [5.74, 6) is -0.209. The van der Waals surface area contributed by atoms with Gasteiger partial charge < -0.3 is 15.0 Å². The second-order valence-electron chi connectivity index (χ2n) is 6.32. The van der Waals surface area contributed by atoms with Gasteiger partial charge in [-0.25, -0.2) is 4.68 Å². The monoisotopic (exact) mass is 385 g/mol. The lowest BCUT2D eigenvalue weighted by Gasteiger charge is -2.30. The topological polar surface area (TPSA) is 72.3 Å². The second-order valence-corrected chi connectivity index (χ2v) is 6.76.